The Kier molecular flexibility index (Phi) is 6.23. The summed E-state index contributed by atoms with van der Waals surface area (Å²) in [7, 11) is 1.87. The highest BCUT2D eigenvalue weighted by Gasteiger charge is 2.26. The van der Waals surface area contributed by atoms with Crippen molar-refractivity contribution >= 4 is 5.91 Å². The summed E-state index contributed by atoms with van der Waals surface area (Å²) in [5.41, 5.74) is 2.60. The molecule has 2 aromatic rings. The van der Waals surface area contributed by atoms with Crippen molar-refractivity contribution in [3.8, 4) is 5.75 Å². The number of ether oxygens (including phenoxy) is 1. The maximum absolute atomic E-state index is 13.5. The Morgan fingerprint density at radius 3 is 2.85 bits per heavy atom. The van der Waals surface area contributed by atoms with E-state index in [4.69, 9.17) is 4.74 Å². The Labute approximate surface area is 154 Å². The van der Waals surface area contributed by atoms with Crippen LogP contribution in [0.3, 0.4) is 0 Å². The highest BCUT2D eigenvalue weighted by atomic mass is 19.1. The predicted octanol–water partition coefficient (Wildman–Crippen LogP) is 3.33. The molecule has 138 valence electrons. The third-order valence-electron chi connectivity index (χ3n) is 4.85. The van der Waals surface area contributed by atoms with Gasteiger partial charge in [-0.2, -0.15) is 0 Å². The molecule has 0 saturated carbocycles. The molecule has 5 heteroatoms. The van der Waals surface area contributed by atoms with E-state index in [1.165, 1.54) is 17.2 Å². The number of nitrogens with one attached hydrogen (secondary N) is 1. The first-order valence-electron chi connectivity index (χ1n) is 9.08. The van der Waals surface area contributed by atoms with Crippen LogP contribution in [0.15, 0.2) is 48.5 Å². The number of aryl methyl sites for hydroxylation is 1. The van der Waals surface area contributed by atoms with Crippen LogP contribution in [0.25, 0.3) is 0 Å². The third kappa shape index (κ3) is 4.41. The van der Waals surface area contributed by atoms with E-state index in [0.717, 1.165) is 19.3 Å². The summed E-state index contributed by atoms with van der Waals surface area (Å²) in [5.74, 6) is -0.0894. The first-order chi connectivity index (χ1) is 12.7. The van der Waals surface area contributed by atoms with E-state index in [9.17, 15) is 9.18 Å². The van der Waals surface area contributed by atoms with Gasteiger partial charge in [0, 0.05) is 13.6 Å². The van der Waals surface area contributed by atoms with Gasteiger partial charge in [0.1, 0.15) is 6.61 Å². The highest BCUT2D eigenvalue weighted by molar-refractivity contribution is 5.78. The van der Waals surface area contributed by atoms with Crippen LogP contribution < -0.4 is 10.1 Å². The summed E-state index contributed by atoms with van der Waals surface area (Å²) in [4.78, 5) is 14.3. The minimum absolute atomic E-state index is 0.0533. The minimum atomic E-state index is -0.376. The number of rotatable bonds is 7. The number of fused-ring (bicyclic) bond motifs is 1. The van der Waals surface area contributed by atoms with Gasteiger partial charge in [0.15, 0.2) is 11.6 Å². The lowest BCUT2D eigenvalue weighted by molar-refractivity contribution is -0.131. The lowest BCUT2D eigenvalue weighted by Crippen LogP contribution is -2.40. The van der Waals surface area contributed by atoms with Gasteiger partial charge < -0.3 is 15.0 Å². The molecule has 0 aromatic heterocycles. The Bertz CT molecular complexity index is 750. The number of benzene rings is 2. The molecule has 1 amide bonds. The quantitative estimate of drug-likeness (QED) is 0.774. The molecule has 0 aliphatic heterocycles. The molecule has 1 aliphatic carbocycles. The van der Waals surface area contributed by atoms with E-state index in [0.29, 0.717) is 13.2 Å². The number of halogens is 1. The van der Waals surface area contributed by atoms with E-state index >= 15 is 0 Å². The molecule has 3 rings (SSSR count). The molecule has 1 N–H and O–H groups in total. The van der Waals surface area contributed by atoms with E-state index < -0.39 is 0 Å². The number of amides is 1. The molecule has 0 fully saturated rings. The van der Waals surface area contributed by atoms with Crippen molar-refractivity contribution < 1.29 is 13.9 Å². The molecule has 0 heterocycles. The smallest absolute Gasteiger partial charge is 0.236 e. The number of nitrogens with zero attached hydrogens (tertiary/aromatic N) is 1. The normalized spacial score (nSPS) is 16.0. The predicted molar refractivity (Wildman–Crippen MR) is 99.7 cm³/mol. The summed E-state index contributed by atoms with van der Waals surface area (Å²) in [5, 5.41) is 3.08. The van der Waals surface area contributed by atoms with Crippen LogP contribution in [0.4, 0.5) is 4.39 Å². The van der Waals surface area contributed by atoms with Gasteiger partial charge in [-0.15, -0.1) is 0 Å². The number of likely N-dealkylation sites (N-methyl/N-ethyl adjacent to an activating group) is 1. The van der Waals surface area contributed by atoms with Gasteiger partial charge in [-0.05, 0) is 42.5 Å². The lowest BCUT2D eigenvalue weighted by atomic mass is 9.87. The average molecular weight is 356 g/mol. The Hall–Kier alpha value is -2.40. The monoisotopic (exact) mass is 356 g/mol. The van der Waals surface area contributed by atoms with Crippen LogP contribution in [-0.4, -0.2) is 37.6 Å². The SMILES string of the molecule is CN(C(=O)CNCCOc1ccccc1F)[C@@H]1CCCc2ccccc21. The second-order valence-corrected chi connectivity index (χ2v) is 6.57. The Morgan fingerprint density at radius 1 is 1.23 bits per heavy atom. The van der Waals surface area contributed by atoms with Crippen molar-refractivity contribution in [2.45, 2.75) is 25.3 Å². The second kappa shape index (κ2) is 8.81. The van der Waals surface area contributed by atoms with Crippen molar-refractivity contribution in [3.63, 3.8) is 0 Å². The van der Waals surface area contributed by atoms with Gasteiger partial charge in [0.25, 0.3) is 0 Å². The van der Waals surface area contributed by atoms with E-state index in [1.807, 2.05) is 18.0 Å². The molecular weight excluding hydrogens is 331 g/mol. The van der Waals surface area contributed by atoms with Crippen molar-refractivity contribution in [1.29, 1.82) is 0 Å². The van der Waals surface area contributed by atoms with Crippen LogP contribution in [0, 0.1) is 5.82 Å². The number of carbonyl (C=O) groups excluding carboxylic acids is 1. The summed E-state index contributed by atoms with van der Waals surface area (Å²) in [6, 6.07) is 14.8. The molecular formula is C21H25FN2O2. The average Bonchev–Trinajstić information content (AvgIpc) is 2.68. The van der Waals surface area contributed by atoms with Crippen LogP contribution in [-0.2, 0) is 11.2 Å². The summed E-state index contributed by atoms with van der Waals surface area (Å²) in [6.45, 7) is 1.04. The van der Waals surface area contributed by atoms with E-state index in [2.05, 4.69) is 23.5 Å². The van der Waals surface area contributed by atoms with Crippen LogP contribution in [0.2, 0.25) is 0 Å². The maximum atomic E-state index is 13.5. The molecule has 1 aliphatic rings. The van der Waals surface area contributed by atoms with E-state index in [-0.39, 0.29) is 30.1 Å². The van der Waals surface area contributed by atoms with Crippen molar-refractivity contribution in [3.05, 3.63) is 65.5 Å². The summed E-state index contributed by atoms with van der Waals surface area (Å²) >= 11 is 0. The number of carbonyl (C=O) groups is 1. The highest BCUT2D eigenvalue weighted by Crippen LogP contribution is 2.33. The van der Waals surface area contributed by atoms with Crippen molar-refractivity contribution in [2.75, 3.05) is 26.7 Å². The molecule has 26 heavy (non-hydrogen) atoms. The molecule has 0 bridgehead atoms. The van der Waals surface area contributed by atoms with Crippen molar-refractivity contribution in [2.24, 2.45) is 0 Å². The van der Waals surface area contributed by atoms with Crippen LogP contribution >= 0.6 is 0 Å². The minimum Gasteiger partial charge on any atom is -0.489 e. The Balaban J connectivity index is 1.45. The summed E-state index contributed by atoms with van der Waals surface area (Å²) in [6.07, 6.45) is 3.18. The molecule has 1 atom stereocenters. The fourth-order valence-corrected chi connectivity index (χ4v) is 3.42. The number of hydrogen-bond donors (Lipinski definition) is 1. The zero-order valence-electron chi connectivity index (χ0n) is 15.1. The maximum Gasteiger partial charge on any atom is 0.236 e. The molecule has 0 radical (unpaired) electrons. The van der Waals surface area contributed by atoms with Gasteiger partial charge in [-0.1, -0.05) is 36.4 Å². The zero-order valence-corrected chi connectivity index (χ0v) is 15.1. The number of hydrogen-bond acceptors (Lipinski definition) is 3. The van der Waals surface area contributed by atoms with Gasteiger partial charge in [-0.25, -0.2) is 4.39 Å². The van der Waals surface area contributed by atoms with E-state index in [1.54, 1.807) is 18.2 Å². The molecule has 2 aromatic carbocycles. The molecule has 4 nitrogen and oxygen atoms in total. The first-order valence-corrected chi connectivity index (χ1v) is 9.08. The topological polar surface area (TPSA) is 41.6 Å². The molecule has 0 saturated heterocycles. The fraction of sp³-hybridized carbons (Fsp3) is 0.381. The molecule has 0 spiro atoms. The van der Waals surface area contributed by atoms with Crippen LogP contribution in [0.1, 0.15) is 30.0 Å². The molecule has 0 unspecified atom stereocenters. The zero-order chi connectivity index (χ0) is 18.4. The van der Waals surface area contributed by atoms with Gasteiger partial charge >= 0.3 is 0 Å². The second-order valence-electron chi connectivity index (χ2n) is 6.57. The standard InChI is InChI=1S/C21H25FN2O2/c1-24(19-11-6-8-16-7-2-3-9-17(16)19)21(25)15-23-13-14-26-20-12-5-4-10-18(20)22/h2-5,7,9-10,12,19,23H,6,8,11,13-15H2,1H3/t19-/m1/s1. The first kappa shape index (κ1) is 18.4. The third-order valence-corrected chi connectivity index (χ3v) is 4.85. The van der Waals surface area contributed by atoms with Gasteiger partial charge in [0.2, 0.25) is 5.91 Å². The Morgan fingerprint density at radius 2 is 2.00 bits per heavy atom. The van der Waals surface area contributed by atoms with Crippen molar-refractivity contribution in [1.82, 2.24) is 10.2 Å². The summed E-state index contributed by atoms with van der Waals surface area (Å²) < 4.78 is 18.8. The van der Waals surface area contributed by atoms with Gasteiger partial charge in [-0.3, -0.25) is 4.79 Å². The largest absolute Gasteiger partial charge is 0.489 e. The number of para-hydroxylation sites is 1. The van der Waals surface area contributed by atoms with Gasteiger partial charge in [0.05, 0.1) is 12.6 Å². The fourth-order valence-electron chi connectivity index (χ4n) is 3.42. The van der Waals surface area contributed by atoms with Crippen LogP contribution in [0.5, 0.6) is 5.75 Å². The lowest BCUT2D eigenvalue weighted by Gasteiger charge is -2.33.